The molecule has 1 aliphatic heterocycles. The second kappa shape index (κ2) is 5.42. The van der Waals surface area contributed by atoms with Crippen LogP contribution in [-0.4, -0.2) is 34.7 Å². The number of nitrogens with zero attached hydrogens (tertiary/aromatic N) is 1. The molecule has 1 aromatic carbocycles. The molecule has 0 aromatic heterocycles. The molecule has 0 radical (unpaired) electrons. The van der Waals surface area contributed by atoms with Crippen LogP contribution in [0.15, 0.2) is 12.1 Å². The molecule has 1 aliphatic rings. The predicted molar refractivity (Wildman–Crippen MR) is 75.5 cm³/mol. The van der Waals surface area contributed by atoms with Crippen LogP contribution >= 0.6 is 22.6 Å². The molecule has 1 atom stereocenters. The van der Waals surface area contributed by atoms with Crippen LogP contribution in [0.5, 0.6) is 5.75 Å². The Bertz CT molecular complexity index is 545. The minimum absolute atomic E-state index is 0.00649. The summed E-state index contributed by atoms with van der Waals surface area (Å²) in [5, 5.41) is 9.67. The first-order valence-corrected chi connectivity index (χ1v) is 7.16. The van der Waals surface area contributed by atoms with Gasteiger partial charge in [-0.3, -0.25) is 4.79 Å². The molecule has 1 unspecified atom stereocenters. The van der Waals surface area contributed by atoms with E-state index in [1.807, 2.05) is 22.6 Å². The van der Waals surface area contributed by atoms with E-state index in [1.165, 1.54) is 0 Å². The molecule has 1 aromatic rings. The number of phenolic OH excluding ortho intramolecular Hbond substituents is 1. The summed E-state index contributed by atoms with van der Waals surface area (Å²) in [7, 11) is 0. The number of carbonyl (C=O) groups is 1. The van der Waals surface area contributed by atoms with Crippen LogP contribution < -0.4 is 0 Å². The maximum Gasteiger partial charge on any atom is 0.471 e. The van der Waals surface area contributed by atoms with Crippen molar-refractivity contribution >= 4 is 28.5 Å². The van der Waals surface area contributed by atoms with Crippen molar-refractivity contribution < 1.29 is 23.1 Å². The van der Waals surface area contributed by atoms with Crippen LogP contribution in [0.4, 0.5) is 13.2 Å². The third-order valence-corrected chi connectivity index (χ3v) is 4.31. The van der Waals surface area contributed by atoms with Gasteiger partial charge < -0.3 is 10.0 Å². The summed E-state index contributed by atoms with van der Waals surface area (Å²) in [4.78, 5) is 12.3. The van der Waals surface area contributed by atoms with Gasteiger partial charge in [0, 0.05) is 12.6 Å². The molecule has 0 saturated carbocycles. The fourth-order valence-electron chi connectivity index (χ4n) is 2.42. The lowest BCUT2D eigenvalue weighted by atomic mass is 10.0. The van der Waals surface area contributed by atoms with Crippen LogP contribution in [0.3, 0.4) is 0 Å². The van der Waals surface area contributed by atoms with E-state index in [-0.39, 0.29) is 12.3 Å². The highest BCUT2D eigenvalue weighted by molar-refractivity contribution is 14.1. The number of carbonyl (C=O) groups excluding carboxylic acids is 1. The molecule has 0 saturated heterocycles. The summed E-state index contributed by atoms with van der Waals surface area (Å²) in [6, 6.07) is 2.82. The molecule has 1 heterocycles. The largest absolute Gasteiger partial charge is 0.507 e. The number of hydrogen-bond donors (Lipinski definition) is 1. The average Bonchev–Trinajstić information content (AvgIpc) is 2.47. The van der Waals surface area contributed by atoms with E-state index in [9.17, 15) is 23.1 Å². The van der Waals surface area contributed by atoms with Crippen LogP contribution in [0, 0.1) is 3.57 Å². The van der Waals surface area contributed by atoms with E-state index in [0.717, 1.165) is 16.0 Å². The summed E-state index contributed by atoms with van der Waals surface area (Å²) in [6.07, 6.45) is -4.18. The number of rotatable bonds is 0. The van der Waals surface area contributed by atoms with Crippen molar-refractivity contribution in [2.75, 3.05) is 6.54 Å². The Labute approximate surface area is 127 Å². The molecule has 1 amide bonds. The molecule has 0 spiro atoms. The van der Waals surface area contributed by atoms with Gasteiger partial charge in [0.25, 0.3) is 0 Å². The average molecular weight is 399 g/mol. The van der Waals surface area contributed by atoms with E-state index in [0.29, 0.717) is 16.4 Å². The van der Waals surface area contributed by atoms with E-state index in [4.69, 9.17) is 0 Å². The fraction of sp³-hybridized carbons (Fsp3) is 0.462. The number of halogens is 4. The topological polar surface area (TPSA) is 40.5 Å². The molecule has 1 N–H and O–H groups in total. The number of alkyl halides is 3. The Hall–Kier alpha value is -0.990. The summed E-state index contributed by atoms with van der Waals surface area (Å²) < 4.78 is 38.3. The minimum Gasteiger partial charge on any atom is -0.507 e. The van der Waals surface area contributed by atoms with Gasteiger partial charge >= 0.3 is 12.1 Å². The third-order valence-electron chi connectivity index (χ3n) is 3.44. The van der Waals surface area contributed by atoms with Gasteiger partial charge in [-0.1, -0.05) is 0 Å². The molecule has 2 rings (SSSR count). The molecular weight excluding hydrogens is 386 g/mol. The molecule has 0 aliphatic carbocycles. The quantitative estimate of drug-likeness (QED) is 0.682. The van der Waals surface area contributed by atoms with Crippen molar-refractivity contribution in [1.82, 2.24) is 4.90 Å². The van der Waals surface area contributed by atoms with E-state index < -0.39 is 18.1 Å². The van der Waals surface area contributed by atoms with Gasteiger partial charge in [-0.15, -0.1) is 0 Å². The van der Waals surface area contributed by atoms with Gasteiger partial charge in [-0.05, 0) is 65.6 Å². The van der Waals surface area contributed by atoms with Crippen LogP contribution in [0.25, 0.3) is 0 Å². The molecule has 0 fully saturated rings. The van der Waals surface area contributed by atoms with E-state index >= 15 is 0 Å². The molecule has 110 valence electrons. The monoisotopic (exact) mass is 399 g/mol. The maximum absolute atomic E-state index is 12.6. The SMILES string of the molecule is CC1Cc2cc(I)c(O)cc2CCN1C(=O)C(F)(F)F. The molecular formula is C13H13F3INO2. The fourth-order valence-corrected chi connectivity index (χ4v) is 2.95. The van der Waals surface area contributed by atoms with E-state index in [2.05, 4.69) is 0 Å². The highest BCUT2D eigenvalue weighted by Crippen LogP contribution is 2.30. The molecule has 7 heteroatoms. The molecule has 0 bridgehead atoms. The predicted octanol–water partition coefficient (Wildman–Crippen LogP) is 2.87. The van der Waals surface area contributed by atoms with Gasteiger partial charge in [0.1, 0.15) is 5.75 Å². The Kier molecular flexibility index (Phi) is 4.17. The first-order valence-electron chi connectivity index (χ1n) is 6.08. The minimum atomic E-state index is -4.85. The lowest BCUT2D eigenvalue weighted by molar-refractivity contribution is -0.187. The number of benzene rings is 1. The first kappa shape index (κ1) is 15.4. The number of amides is 1. The first-order chi connectivity index (χ1) is 9.20. The van der Waals surface area contributed by atoms with E-state index in [1.54, 1.807) is 19.1 Å². The highest BCUT2D eigenvalue weighted by atomic mass is 127. The van der Waals surface area contributed by atoms with Gasteiger partial charge in [0.2, 0.25) is 0 Å². The second-order valence-electron chi connectivity index (χ2n) is 4.87. The highest BCUT2D eigenvalue weighted by Gasteiger charge is 2.44. The van der Waals surface area contributed by atoms with Crippen LogP contribution in [0.1, 0.15) is 18.1 Å². The molecule has 3 nitrogen and oxygen atoms in total. The number of aromatic hydroxyl groups is 1. The standard InChI is InChI=1S/C13H13F3INO2/c1-7-4-9-5-10(17)11(19)6-8(9)2-3-18(7)12(20)13(14,15)16/h5-7,19H,2-4H2,1H3. The Morgan fingerprint density at radius 1 is 1.40 bits per heavy atom. The zero-order chi connectivity index (χ0) is 15.1. The number of hydrogen-bond acceptors (Lipinski definition) is 2. The van der Waals surface area contributed by atoms with Crippen molar-refractivity contribution in [1.29, 1.82) is 0 Å². The summed E-state index contributed by atoms with van der Waals surface area (Å²) in [5.41, 5.74) is 1.68. The van der Waals surface area contributed by atoms with Gasteiger partial charge in [0.15, 0.2) is 0 Å². The third kappa shape index (κ3) is 3.02. The van der Waals surface area contributed by atoms with Crippen molar-refractivity contribution in [2.24, 2.45) is 0 Å². The van der Waals surface area contributed by atoms with Gasteiger partial charge in [-0.2, -0.15) is 13.2 Å². The van der Waals surface area contributed by atoms with Gasteiger partial charge in [0.05, 0.1) is 3.57 Å². The van der Waals surface area contributed by atoms with Gasteiger partial charge in [-0.25, -0.2) is 0 Å². The van der Waals surface area contributed by atoms with Crippen molar-refractivity contribution in [2.45, 2.75) is 32.0 Å². The summed E-state index contributed by atoms with van der Waals surface area (Å²) in [6.45, 7) is 1.62. The Morgan fingerprint density at radius 3 is 2.65 bits per heavy atom. The zero-order valence-corrected chi connectivity index (χ0v) is 12.8. The Morgan fingerprint density at radius 2 is 2.05 bits per heavy atom. The van der Waals surface area contributed by atoms with Crippen LogP contribution in [-0.2, 0) is 17.6 Å². The lowest BCUT2D eigenvalue weighted by Crippen LogP contribution is -2.46. The lowest BCUT2D eigenvalue weighted by Gasteiger charge is -2.27. The smallest absolute Gasteiger partial charge is 0.471 e. The summed E-state index contributed by atoms with van der Waals surface area (Å²) in [5.74, 6) is -1.68. The van der Waals surface area contributed by atoms with Crippen molar-refractivity contribution in [3.05, 3.63) is 26.8 Å². The van der Waals surface area contributed by atoms with Crippen molar-refractivity contribution in [3.63, 3.8) is 0 Å². The second-order valence-corrected chi connectivity index (χ2v) is 6.03. The van der Waals surface area contributed by atoms with Crippen LogP contribution in [0.2, 0.25) is 0 Å². The van der Waals surface area contributed by atoms with Crippen molar-refractivity contribution in [3.8, 4) is 5.75 Å². The normalized spacial score (nSPS) is 19.4. The maximum atomic E-state index is 12.6. The number of fused-ring (bicyclic) bond motifs is 1. The Balaban J connectivity index is 2.29. The molecule has 20 heavy (non-hydrogen) atoms. The summed E-state index contributed by atoms with van der Waals surface area (Å²) >= 11 is 1.97. The zero-order valence-electron chi connectivity index (χ0n) is 10.7. The number of phenols is 1.